The second-order valence-corrected chi connectivity index (χ2v) is 17.5. The number of thiazole rings is 1. The molecule has 0 aliphatic carbocycles. The monoisotopic (exact) mass is 614 g/mol. The van der Waals surface area contributed by atoms with Crippen LogP contribution in [0.3, 0.4) is 0 Å². The smallest absolute Gasteiger partial charge is 0.166 e. The lowest BCUT2D eigenvalue weighted by Gasteiger charge is -2.40. The van der Waals surface area contributed by atoms with Crippen LogP contribution in [-0.2, 0) is 17.4 Å². The van der Waals surface area contributed by atoms with E-state index in [0.29, 0.717) is 24.1 Å². The number of hydrogen-bond donors (Lipinski definition) is 1. The summed E-state index contributed by atoms with van der Waals surface area (Å²) in [5, 5.41) is 1.21. The predicted molar refractivity (Wildman–Crippen MR) is 188 cm³/mol. The van der Waals surface area contributed by atoms with Gasteiger partial charge < -0.3 is 10.5 Å². The Kier molecular flexibility index (Phi) is 9.65. The number of benzene rings is 1. The van der Waals surface area contributed by atoms with E-state index in [9.17, 15) is 0 Å². The highest BCUT2D eigenvalue weighted by Crippen LogP contribution is 2.40. The number of pyridine rings is 1. The third-order valence-corrected chi connectivity index (χ3v) is 9.43. The summed E-state index contributed by atoms with van der Waals surface area (Å²) in [6.45, 7) is 29.6. The van der Waals surface area contributed by atoms with Gasteiger partial charge in [0.25, 0.3) is 0 Å². The fourth-order valence-electron chi connectivity index (χ4n) is 5.89. The largest absolute Gasteiger partial charge is 0.485 e. The first-order chi connectivity index (χ1) is 20.2. The molecule has 1 aromatic carbocycles. The number of piperidine rings is 1. The predicted octanol–water partition coefficient (Wildman–Crippen LogP) is 9.34. The number of nitrogens with two attached hydrogens (primary N) is 1. The Morgan fingerprint density at radius 1 is 0.886 bits per heavy atom. The first-order valence-corrected chi connectivity index (χ1v) is 16.8. The lowest BCUT2D eigenvalue weighted by Crippen LogP contribution is -2.45. The number of anilines is 1. The van der Waals surface area contributed by atoms with Crippen LogP contribution in [-0.4, -0.2) is 33.5 Å². The average molecular weight is 615 g/mol. The molecule has 238 valence electrons. The first-order valence-electron chi connectivity index (χ1n) is 16.0. The Morgan fingerprint density at radius 3 is 2.11 bits per heavy atom. The van der Waals surface area contributed by atoms with E-state index in [4.69, 9.17) is 15.5 Å². The molecule has 5 nitrogen and oxygen atoms in total. The van der Waals surface area contributed by atoms with E-state index < -0.39 is 0 Å². The molecule has 2 N–H and O–H groups in total. The van der Waals surface area contributed by atoms with Crippen molar-refractivity contribution in [2.75, 3.05) is 18.8 Å². The molecule has 2 aromatic heterocycles. The van der Waals surface area contributed by atoms with Gasteiger partial charge >= 0.3 is 0 Å². The SMILES string of the molecule is CC(C)(C)C#Cc1cc(COc2cc(-c3cnc(C4CCN(C(C)(C)C)CC4)s3)cnc2N)c(C(C)(C)C)c(C(C)(C)C)c1. The summed E-state index contributed by atoms with van der Waals surface area (Å²) in [4.78, 5) is 13.1. The van der Waals surface area contributed by atoms with Gasteiger partial charge in [-0.25, -0.2) is 9.97 Å². The van der Waals surface area contributed by atoms with Gasteiger partial charge in [-0.3, -0.25) is 4.90 Å². The van der Waals surface area contributed by atoms with E-state index in [1.54, 1.807) is 11.3 Å². The van der Waals surface area contributed by atoms with Crippen LogP contribution < -0.4 is 10.5 Å². The number of ether oxygens (including phenoxy) is 1. The van der Waals surface area contributed by atoms with E-state index in [0.717, 1.165) is 47.5 Å². The second-order valence-electron chi connectivity index (χ2n) is 16.4. The molecule has 0 bridgehead atoms. The highest BCUT2D eigenvalue weighted by Gasteiger charge is 2.30. The molecular weight excluding hydrogens is 561 g/mol. The minimum absolute atomic E-state index is 0.0511. The summed E-state index contributed by atoms with van der Waals surface area (Å²) in [5.41, 5.74) is 12.1. The van der Waals surface area contributed by atoms with Crippen LogP contribution in [0.2, 0.25) is 0 Å². The highest BCUT2D eigenvalue weighted by molar-refractivity contribution is 7.15. The maximum atomic E-state index is 6.50. The highest BCUT2D eigenvalue weighted by atomic mass is 32.1. The number of hydrogen-bond acceptors (Lipinski definition) is 6. The van der Waals surface area contributed by atoms with Crippen LogP contribution >= 0.6 is 11.3 Å². The molecule has 1 aliphatic heterocycles. The van der Waals surface area contributed by atoms with E-state index in [-0.39, 0.29) is 21.8 Å². The molecule has 3 aromatic rings. The molecule has 4 rings (SSSR count). The number of nitrogens with zero attached hydrogens (tertiary/aromatic N) is 3. The van der Waals surface area contributed by atoms with Gasteiger partial charge in [0.05, 0.1) is 9.88 Å². The first kappa shape index (κ1) is 34.0. The maximum absolute atomic E-state index is 6.50. The van der Waals surface area contributed by atoms with E-state index >= 15 is 0 Å². The molecule has 1 saturated heterocycles. The van der Waals surface area contributed by atoms with Crippen molar-refractivity contribution in [3.8, 4) is 28.0 Å². The molecule has 0 saturated carbocycles. The van der Waals surface area contributed by atoms with E-state index in [1.165, 1.54) is 16.1 Å². The Morgan fingerprint density at radius 2 is 1.55 bits per heavy atom. The van der Waals surface area contributed by atoms with Gasteiger partial charge in [0.15, 0.2) is 11.6 Å². The van der Waals surface area contributed by atoms with Crippen molar-refractivity contribution in [1.82, 2.24) is 14.9 Å². The molecule has 3 heterocycles. The van der Waals surface area contributed by atoms with Gasteiger partial charge in [0.1, 0.15) is 6.61 Å². The second kappa shape index (κ2) is 12.5. The van der Waals surface area contributed by atoms with Crippen molar-refractivity contribution in [3.63, 3.8) is 0 Å². The lowest BCUT2D eigenvalue weighted by molar-refractivity contribution is 0.102. The standard InChI is InChI=1S/C38H54N4OS/c1-35(2,3)16-13-25-19-28(32(37(7,8)9)29(20-25)36(4,5)6)24-43-30-21-27(22-40-33(30)39)31-23-41-34(44-31)26-14-17-42(18-15-26)38(10,11)12/h19-23,26H,14-15,17-18,24H2,1-12H3,(H2,39,40). The fraction of sp³-hybridized carbons (Fsp3) is 0.579. The maximum Gasteiger partial charge on any atom is 0.166 e. The normalized spacial score (nSPS) is 15.6. The zero-order valence-electron chi connectivity index (χ0n) is 29.2. The third kappa shape index (κ3) is 8.43. The van der Waals surface area contributed by atoms with Gasteiger partial charge in [0, 0.05) is 40.4 Å². The number of nitrogen functional groups attached to an aromatic ring is 1. The number of rotatable bonds is 5. The van der Waals surface area contributed by atoms with Gasteiger partial charge in [-0.15, -0.1) is 11.3 Å². The minimum atomic E-state index is -0.0813. The van der Waals surface area contributed by atoms with Crippen LogP contribution in [0.1, 0.15) is 129 Å². The van der Waals surface area contributed by atoms with E-state index in [2.05, 4.69) is 117 Å². The van der Waals surface area contributed by atoms with Crippen molar-refractivity contribution in [3.05, 3.63) is 57.9 Å². The van der Waals surface area contributed by atoms with Crippen molar-refractivity contribution >= 4 is 17.2 Å². The van der Waals surface area contributed by atoms with Crippen LogP contribution in [0.25, 0.3) is 10.4 Å². The van der Waals surface area contributed by atoms with Gasteiger partial charge in [-0.2, -0.15) is 0 Å². The zero-order chi connectivity index (χ0) is 32.7. The quantitative estimate of drug-likeness (QED) is 0.290. The molecule has 1 aliphatic rings. The Bertz CT molecular complexity index is 1520. The topological polar surface area (TPSA) is 64.3 Å². The van der Waals surface area contributed by atoms with Crippen molar-refractivity contribution in [1.29, 1.82) is 0 Å². The van der Waals surface area contributed by atoms with E-state index in [1.807, 2.05) is 18.5 Å². The Hall–Kier alpha value is -2.88. The van der Waals surface area contributed by atoms with Gasteiger partial charge in [-0.1, -0.05) is 53.4 Å². The summed E-state index contributed by atoms with van der Waals surface area (Å²) in [5.74, 6) is 8.36. The zero-order valence-corrected chi connectivity index (χ0v) is 30.1. The Balaban J connectivity index is 1.62. The van der Waals surface area contributed by atoms with Crippen molar-refractivity contribution in [2.45, 2.75) is 125 Å². The van der Waals surface area contributed by atoms with Gasteiger partial charge in [0.2, 0.25) is 0 Å². The van der Waals surface area contributed by atoms with Crippen LogP contribution in [0.4, 0.5) is 5.82 Å². The van der Waals surface area contributed by atoms with Crippen LogP contribution in [0, 0.1) is 17.3 Å². The van der Waals surface area contributed by atoms with Crippen molar-refractivity contribution in [2.24, 2.45) is 5.41 Å². The van der Waals surface area contributed by atoms with Crippen LogP contribution in [0.5, 0.6) is 5.75 Å². The molecule has 1 fully saturated rings. The summed E-state index contributed by atoms with van der Waals surface area (Å²) >= 11 is 1.77. The summed E-state index contributed by atoms with van der Waals surface area (Å²) in [7, 11) is 0. The molecule has 0 atom stereocenters. The molecule has 0 radical (unpaired) electrons. The Labute approximate surface area is 271 Å². The average Bonchev–Trinajstić information content (AvgIpc) is 3.39. The summed E-state index contributed by atoms with van der Waals surface area (Å²) in [6.07, 6.45) is 6.11. The third-order valence-electron chi connectivity index (χ3n) is 8.23. The summed E-state index contributed by atoms with van der Waals surface area (Å²) in [6, 6.07) is 6.49. The fourth-order valence-corrected chi connectivity index (χ4v) is 6.96. The molecule has 0 spiro atoms. The molecule has 0 unspecified atom stereocenters. The van der Waals surface area contributed by atoms with Crippen LogP contribution in [0.15, 0.2) is 30.6 Å². The van der Waals surface area contributed by atoms with Gasteiger partial charge in [-0.05, 0) is 113 Å². The van der Waals surface area contributed by atoms with Crippen molar-refractivity contribution < 1.29 is 4.74 Å². The molecule has 6 heteroatoms. The number of aromatic nitrogens is 2. The summed E-state index contributed by atoms with van der Waals surface area (Å²) < 4.78 is 6.50. The molecule has 0 amide bonds. The molecular formula is C38H54N4OS. The lowest BCUT2D eigenvalue weighted by atomic mass is 9.72. The minimum Gasteiger partial charge on any atom is -0.485 e. The molecule has 44 heavy (non-hydrogen) atoms. The number of likely N-dealkylation sites (tertiary alicyclic amines) is 1.